The Hall–Kier alpha value is -1.76. The Labute approximate surface area is 84.9 Å². The van der Waals surface area contributed by atoms with E-state index in [1.54, 1.807) is 0 Å². The normalized spacial score (nSPS) is 10.4. The molecule has 15 heavy (non-hydrogen) atoms. The van der Waals surface area contributed by atoms with E-state index in [4.69, 9.17) is 0 Å². The van der Waals surface area contributed by atoms with Gasteiger partial charge in [0.15, 0.2) is 0 Å². The Morgan fingerprint density at radius 2 is 2.00 bits per heavy atom. The first-order chi connectivity index (χ1) is 6.95. The molecule has 1 rings (SSSR count). The molecule has 0 amide bonds. The molecule has 0 heterocycles. The molecule has 0 aliphatic carbocycles. The minimum Gasteiger partial charge on any atom is -0.279 e. The molecule has 0 fully saturated rings. The average Bonchev–Trinajstić information content (AvgIpc) is 2.17. The van der Waals surface area contributed by atoms with Crippen LogP contribution in [0.5, 0.6) is 0 Å². The van der Waals surface area contributed by atoms with Crippen LogP contribution in [0.4, 0.5) is 13.2 Å². The lowest BCUT2D eigenvalue weighted by atomic mass is 10.1. The number of ketones is 1. The van der Waals surface area contributed by atoms with Crippen LogP contribution in [0.1, 0.15) is 22.8 Å². The molecule has 0 aliphatic heterocycles. The average molecular weight is 212 g/mol. The van der Waals surface area contributed by atoms with Crippen LogP contribution in [-0.4, -0.2) is 5.78 Å². The number of halogens is 3. The molecule has 0 bridgehead atoms. The molecule has 0 aromatic heterocycles. The summed E-state index contributed by atoms with van der Waals surface area (Å²) in [7, 11) is 0. The number of hydrogen-bond acceptors (Lipinski definition) is 1. The maximum atomic E-state index is 12.3. The zero-order valence-corrected chi connectivity index (χ0v) is 7.85. The molecule has 1 aromatic carbocycles. The first-order valence-electron chi connectivity index (χ1n) is 4.09. The number of carbonyl (C=O) groups excluding carboxylic acids is 1. The van der Waals surface area contributed by atoms with E-state index in [1.165, 1.54) is 19.1 Å². The lowest BCUT2D eigenvalue weighted by Gasteiger charge is -2.06. The van der Waals surface area contributed by atoms with Crippen LogP contribution in [0.3, 0.4) is 0 Å². The van der Waals surface area contributed by atoms with Crippen LogP contribution in [0.2, 0.25) is 0 Å². The van der Waals surface area contributed by atoms with Gasteiger partial charge >= 0.3 is 6.18 Å². The first kappa shape index (κ1) is 11.3. The Balaban J connectivity index is 3.12. The van der Waals surface area contributed by atoms with Gasteiger partial charge in [-0.15, -0.1) is 0 Å². The SMILES string of the molecule is CC#CC(=O)c1cccc(C(F)(F)F)c1. The van der Waals surface area contributed by atoms with Gasteiger partial charge in [0, 0.05) is 5.56 Å². The zero-order valence-electron chi connectivity index (χ0n) is 7.85. The summed E-state index contributed by atoms with van der Waals surface area (Å²) in [6.07, 6.45) is -4.43. The number of hydrogen-bond donors (Lipinski definition) is 0. The molecule has 4 heteroatoms. The van der Waals surface area contributed by atoms with E-state index in [9.17, 15) is 18.0 Å². The number of rotatable bonds is 1. The van der Waals surface area contributed by atoms with Crippen LogP contribution >= 0.6 is 0 Å². The summed E-state index contributed by atoms with van der Waals surface area (Å²) in [6.45, 7) is 1.45. The van der Waals surface area contributed by atoms with E-state index >= 15 is 0 Å². The second kappa shape index (κ2) is 4.18. The van der Waals surface area contributed by atoms with Crippen molar-refractivity contribution < 1.29 is 18.0 Å². The summed E-state index contributed by atoms with van der Waals surface area (Å²) in [6, 6.07) is 4.21. The minimum absolute atomic E-state index is 0.0424. The maximum Gasteiger partial charge on any atom is 0.416 e. The fourth-order valence-corrected chi connectivity index (χ4v) is 1.02. The van der Waals surface area contributed by atoms with Crippen molar-refractivity contribution >= 4 is 5.78 Å². The monoisotopic (exact) mass is 212 g/mol. The van der Waals surface area contributed by atoms with E-state index in [2.05, 4.69) is 11.8 Å². The molecule has 0 N–H and O–H groups in total. The Bertz CT molecular complexity index is 435. The summed E-state index contributed by atoms with van der Waals surface area (Å²) < 4.78 is 36.8. The van der Waals surface area contributed by atoms with Crippen LogP contribution in [0.15, 0.2) is 24.3 Å². The summed E-state index contributed by atoms with van der Waals surface area (Å²) in [5.74, 6) is 3.92. The fourth-order valence-electron chi connectivity index (χ4n) is 1.02. The highest BCUT2D eigenvalue weighted by Crippen LogP contribution is 2.29. The molecule has 0 aliphatic rings. The molecule has 0 unspecified atom stereocenters. The van der Waals surface area contributed by atoms with Crippen molar-refractivity contribution in [1.29, 1.82) is 0 Å². The zero-order chi connectivity index (χ0) is 11.5. The predicted molar refractivity (Wildman–Crippen MR) is 49.2 cm³/mol. The first-order valence-corrected chi connectivity index (χ1v) is 4.09. The molecule has 0 spiro atoms. The van der Waals surface area contributed by atoms with E-state index in [0.717, 1.165) is 12.1 Å². The highest BCUT2D eigenvalue weighted by Gasteiger charge is 2.30. The smallest absolute Gasteiger partial charge is 0.279 e. The van der Waals surface area contributed by atoms with Crippen molar-refractivity contribution in [2.75, 3.05) is 0 Å². The molecule has 1 aromatic rings. The highest BCUT2D eigenvalue weighted by molar-refractivity contribution is 6.09. The number of Topliss-reactive ketones (excluding diaryl/α,β-unsaturated/α-hetero) is 1. The van der Waals surface area contributed by atoms with Gasteiger partial charge in [-0.2, -0.15) is 13.2 Å². The van der Waals surface area contributed by atoms with E-state index < -0.39 is 17.5 Å². The van der Waals surface area contributed by atoms with E-state index in [-0.39, 0.29) is 5.56 Å². The third-order valence-electron chi connectivity index (χ3n) is 1.69. The summed E-state index contributed by atoms with van der Waals surface area (Å²) >= 11 is 0. The standard InChI is InChI=1S/C11H7F3O/c1-2-4-10(15)8-5-3-6-9(7-8)11(12,13)14/h3,5-7H,1H3. The molecule has 0 atom stereocenters. The van der Waals surface area contributed by atoms with Gasteiger partial charge in [0.2, 0.25) is 5.78 Å². The second-order valence-electron chi connectivity index (χ2n) is 2.78. The number of benzene rings is 1. The van der Waals surface area contributed by atoms with Gasteiger partial charge in [0.05, 0.1) is 5.56 Å². The van der Waals surface area contributed by atoms with Crippen LogP contribution in [-0.2, 0) is 6.18 Å². The number of alkyl halides is 3. The molecular weight excluding hydrogens is 205 g/mol. The predicted octanol–water partition coefficient (Wildman–Crippen LogP) is 2.91. The lowest BCUT2D eigenvalue weighted by Crippen LogP contribution is -2.06. The molecule has 0 saturated carbocycles. The van der Waals surface area contributed by atoms with Crippen molar-refractivity contribution in [3.8, 4) is 11.8 Å². The van der Waals surface area contributed by atoms with E-state index in [1.807, 2.05) is 0 Å². The highest BCUT2D eigenvalue weighted by atomic mass is 19.4. The third kappa shape index (κ3) is 2.84. The van der Waals surface area contributed by atoms with E-state index in [0.29, 0.717) is 0 Å². The molecular formula is C11H7F3O. The Morgan fingerprint density at radius 1 is 1.33 bits per heavy atom. The van der Waals surface area contributed by atoms with Crippen LogP contribution in [0.25, 0.3) is 0 Å². The molecule has 0 saturated heterocycles. The van der Waals surface area contributed by atoms with Crippen molar-refractivity contribution in [2.45, 2.75) is 13.1 Å². The Morgan fingerprint density at radius 3 is 2.53 bits per heavy atom. The van der Waals surface area contributed by atoms with Crippen molar-refractivity contribution in [2.24, 2.45) is 0 Å². The summed E-state index contributed by atoms with van der Waals surface area (Å²) in [5.41, 5.74) is -0.884. The molecule has 1 nitrogen and oxygen atoms in total. The lowest BCUT2D eigenvalue weighted by molar-refractivity contribution is -0.137. The van der Waals surface area contributed by atoms with Crippen LogP contribution in [0, 0.1) is 11.8 Å². The largest absolute Gasteiger partial charge is 0.416 e. The van der Waals surface area contributed by atoms with Gasteiger partial charge in [0.25, 0.3) is 0 Å². The third-order valence-corrected chi connectivity index (χ3v) is 1.69. The Kier molecular flexibility index (Phi) is 3.15. The summed E-state index contributed by atoms with van der Waals surface area (Å²) in [5, 5.41) is 0. The van der Waals surface area contributed by atoms with Crippen molar-refractivity contribution in [3.63, 3.8) is 0 Å². The quantitative estimate of drug-likeness (QED) is 0.397. The molecule has 78 valence electrons. The fraction of sp³-hybridized carbons (Fsp3) is 0.182. The maximum absolute atomic E-state index is 12.3. The van der Waals surface area contributed by atoms with Gasteiger partial charge in [0.1, 0.15) is 0 Å². The van der Waals surface area contributed by atoms with Crippen molar-refractivity contribution in [3.05, 3.63) is 35.4 Å². The molecule has 0 radical (unpaired) electrons. The minimum atomic E-state index is -4.43. The van der Waals surface area contributed by atoms with Gasteiger partial charge in [-0.3, -0.25) is 4.79 Å². The summed E-state index contributed by atoms with van der Waals surface area (Å²) in [4.78, 5) is 11.2. The van der Waals surface area contributed by atoms with Gasteiger partial charge in [-0.1, -0.05) is 18.1 Å². The van der Waals surface area contributed by atoms with Gasteiger partial charge < -0.3 is 0 Å². The van der Waals surface area contributed by atoms with Gasteiger partial charge in [-0.25, -0.2) is 0 Å². The number of carbonyl (C=O) groups is 1. The topological polar surface area (TPSA) is 17.1 Å². The van der Waals surface area contributed by atoms with Crippen molar-refractivity contribution in [1.82, 2.24) is 0 Å². The van der Waals surface area contributed by atoms with Gasteiger partial charge in [-0.05, 0) is 25.0 Å². The second-order valence-corrected chi connectivity index (χ2v) is 2.78. The van der Waals surface area contributed by atoms with Crippen LogP contribution < -0.4 is 0 Å².